The Morgan fingerprint density at radius 2 is 1.79 bits per heavy atom. The van der Waals surface area contributed by atoms with E-state index in [0.717, 1.165) is 0 Å². The molecule has 0 spiro atoms. The van der Waals surface area contributed by atoms with Gasteiger partial charge in [-0.2, -0.15) is 9.82 Å². The summed E-state index contributed by atoms with van der Waals surface area (Å²) in [6.07, 6.45) is 3.65. The van der Waals surface area contributed by atoms with Crippen LogP contribution in [0.2, 0.25) is 0 Å². The molecule has 0 aliphatic heterocycles. The molecule has 0 bridgehead atoms. The van der Waals surface area contributed by atoms with E-state index >= 15 is 0 Å². The van der Waals surface area contributed by atoms with Crippen LogP contribution in [0.5, 0.6) is 0 Å². The molecule has 3 N–H and O–H groups in total. The highest BCUT2D eigenvalue weighted by molar-refractivity contribution is 7.89. The second-order valence-corrected chi connectivity index (χ2v) is 9.24. The van der Waals surface area contributed by atoms with Gasteiger partial charge in [0.25, 0.3) is 5.91 Å². The molecular formula is C23H22FN5O4S. The molecule has 0 saturated carbocycles. The van der Waals surface area contributed by atoms with Crippen molar-refractivity contribution in [2.75, 3.05) is 0 Å². The van der Waals surface area contributed by atoms with E-state index in [1.807, 2.05) is 0 Å². The fraction of sp³-hybridized carbons (Fsp3) is 0.174. The van der Waals surface area contributed by atoms with E-state index in [4.69, 9.17) is 0 Å². The van der Waals surface area contributed by atoms with Gasteiger partial charge in [0.1, 0.15) is 12.0 Å². The zero-order chi connectivity index (χ0) is 24.3. The zero-order valence-electron chi connectivity index (χ0n) is 18.1. The van der Waals surface area contributed by atoms with E-state index in [1.165, 1.54) is 30.5 Å². The Balaban J connectivity index is 1.48. The van der Waals surface area contributed by atoms with E-state index in [-0.39, 0.29) is 29.6 Å². The average molecular weight is 484 g/mol. The van der Waals surface area contributed by atoms with Gasteiger partial charge < -0.3 is 10.4 Å². The molecule has 0 saturated heterocycles. The quantitative estimate of drug-likeness (QED) is 0.331. The first-order chi connectivity index (χ1) is 16.3. The summed E-state index contributed by atoms with van der Waals surface area (Å²) in [4.78, 5) is 17.0. The lowest BCUT2D eigenvalue weighted by Crippen LogP contribution is -2.34. The Kier molecular flexibility index (Phi) is 6.68. The molecule has 0 aliphatic carbocycles. The summed E-state index contributed by atoms with van der Waals surface area (Å²) in [5, 5.41) is 17.2. The zero-order valence-corrected chi connectivity index (χ0v) is 19.0. The Hall–Kier alpha value is -3.67. The van der Waals surface area contributed by atoms with Crippen LogP contribution in [0, 0.1) is 5.82 Å². The number of nitrogens with zero attached hydrogens (tertiary/aromatic N) is 3. The van der Waals surface area contributed by atoms with Crippen molar-refractivity contribution in [1.29, 1.82) is 0 Å². The largest absolute Gasteiger partial charge is 0.378 e. The number of carbonyl (C=O) groups is 1. The van der Waals surface area contributed by atoms with Crippen molar-refractivity contribution in [3.63, 3.8) is 0 Å². The van der Waals surface area contributed by atoms with Gasteiger partial charge in [0.2, 0.25) is 10.0 Å². The van der Waals surface area contributed by atoms with Gasteiger partial charge in [0.15, 0.2) is 0 Å². The number of hydrogen-bond donors (Lipinski definition) is 3. The normalized spacial score (nSPS) is 12.6. The minimum atomic E-state index is -3.84. The first kappa shape index (κ1) is 23.5. The van der Waals surface area contributed by atoms with Crippen molar-refractivity contribution in [3.05, 3.63) is 84.1 Å². The van der Waals surface area contributed by atoms with Crippen molar-refractivity contribution in [2.24, 2.45) is 0 Å². The molecule has 1 amide bonds. The second kappa shape index (κ2) is 9.67. The molecule has 4 aromatic rings. The number of benzene rings is 2. The van der Waals surface area contributed by atoms with Gasteiger partial charge in [-0.1, -0.05) is 19.1 Å². The van der Waals surface area contributed by atoms with E-state index in [2.05, 4.69) is 20.1 Å². The topological polar surface area (TPSA) is 126 Å². The SMILES string of the molecule is CC[C@@H](O)NS(=O)(=O)c1ccc(CNC(=O)c2cncc3c2cnn3-c2ccc(F)cc2)cc1. The van der Waals surface area contributed by atoms with Gasteiger partial charge >= 0.3 is 0 Å². The van der Waals surface area contributed by atoms with Crippen LogP contribution in [0.25, 0.3) is 16.6 Å². The van der Waals surface area contributed by atoms with Crippen LogP contribution < -0.4 is 10.0 Å². The number of aliphatic hydroxyl groups is 1. The number of rotatable bonds is 8. The molecule has 176 valence electrons. The first-order valence-electron chi connectivity index (χ1n) is 10.4. The summed E-state index contributed by atoms with van der Waals surface area (Å²) in [6, 6.07) is 11.8. The van der Waals surface area contributed by atoms with Crippen molar-refractivity contribution in [3.8, 4) is 5.69 Å². The molecule has 0 radical (unpaired) electrons. The Morgan fingerprint density at radius 1 is 1.09 bits per heavy atom. The van der Waals surface area contributed by atoms with E-state index in [0.29, 0.717) is 27.7 Å². The summed E-state index contributed by atoms with van der Waals surface area (Å²) in [7, 11) is -3.84. The number of fused-ring (bicyclic) bond motifs is 1. The highest BCUT2D eigenvalue weighted by atomic mass is 32.2. The Bertz CT molecular complexity index is 1420. The van der Waals surface area contributed by atoms with Crippen LogP contribution in [-0.2, 0) is 16.6 Å². The van der Waals surface area contributed by atoms with E-state index in [1.54, 1.807) is 48.3 Å². The Morgan fingerprint density at radius 3 is 2.47 bits per heavy atom. The van der Waals surface area contributed by atoms with E-state index in [9.17, 15) is 22.7 Å². The number of sulfonamides is 1. The van der Waals surface area contributed by atoms with Crippen molar-refractivity contribution < 1.29 is 22.7 Å². The number of halogens is 1. The van der Waals surface area contributed by atoms with Crippen LogP contribution in [0.1, 0.15) is 29.3 Å². The number of aliphatic hydroxyl groups excluding tert-OH is 1. The molecular weight excluding hydrogens is 461 g/mol. The third kappa shape index (κ3) is 4.96. The van der Waals surface area contributed by atoms with Crippen LogP contribution in [0.15, 0.2) is 72.0 Å². The molecule has 0 fully saturated rings. The highest BCUT2D eigenvalue weighted by Crippen LogP contribution is 2.21. The summed E-state index contributed by atoms with van der Waals surface area (Å²) in [6.45, 7) is 1.81. The van der Waals surface area contributed by atoms with Crippen LogP contribution in [0.4, 0.5) is 4.39 Å². The molecule has 2 aromatic heterocycles. The second-order valence-electron chi connectivity index (χ2n) is 7.52. The highest BCUT2D eigenvalue weighted by Gasteiger charge is 2.18. The van der Waals surface area contributed by atoms with Crippen molar-refractivity contribution in [1.82, 2.24) is 24.8 Å². The van der Waals surface area contributed by atoms with Gasteiger partial charge in [-0.25, -0.2) is 17.5 Å². The fourth-order valence-corrected chi connectivity index (χ4v) is 4.46. The van der Waals surface area contributed by atoms with Crippen LogP contribution in [-0.4, -0.2) is 40.4 Å². The molecule has 9 nitrogen and oxygen atoms in total. The molecule has 0 unspecified atom stereocenters. The summed E-state index contributed by atoms with van der Waals surface area (Å²) in [5.74, 6) is -0.736. The van der Waals surface area contributed by atoms with E-state index < -0.39 is 16.3 Å². The smallest absolute Gasteiger partial charge is 0.253 e. The summed E-state index contributed by atoms with van der Waals surface area (Å²) >= 11 is 0. The third-order valence-electron chi connectivity index (χ3n) is 5.18. The molecule has 1 atom stereocenters. The van der Waals surface area contributed by atoms with Crippen molar-refractivity contribution in [2.45, 2.75) is 31.0 Å². The third-order valence-corrected chi connectivity index (χ3v) is 6.65. The van der Waals surface area contributed by atoms with Gasteiger partial charge in [0, 0.05) is 18.1 Å². The predicted molar refractivity (Wildman–Crippen MR) is 123 cm³/mol. The van der Waals surface area contributed by atoms with Gasteiger partial charge in [-0.05, 0) is 48.4 Å². The standard InChI is InChI=1S/C23H22FN5O4S/c1-2-22(30)28-34(32,33)18-9-3-15(4-10-18)11-26-23(31)20-12-25-14-21-19(20)13-27-29(21)17-7-5-16(24)6-8-17/h3-10,12-14,22,28,30H,2,11H2,1H3,(H,26,31)/t22-/m1/s1. The molecule has 2 heterocycles. The lowest BCUT2D eigenvalue weighted by Gasteiger charge is -2.12. The molecule has 11 heteroatoms. The number of pyridine rings is 1. The minimum absolute atomic E-state index is 0.0113. The number of aromatic nitrogens is 3. The van der Waals surface area contributed by atoms with Crippen molar-refractivity contribution >= 4 is 26.8 Å². The first-order valence-corrected chi connectivity index (χ1v) is 11.9. The van der Waals surface area contributed by atoms with Crippen LogP contribution >= 0.6 is 0 Å². The van der Waals surface area contributed by atoms with Gasteiger partial charge in [0.05, 0.1) is 34.1 Å². The maximum absolute atomic E-state index is 13.2. The average Bonchev–Trinajstić information content (AvgIpc) is 3.27. The summed E-state index contributed by atoms with van der Waals surface area (Å²) < 4.78 is 41.5. The van der Waals surface area contributed by atoms with Crippen LogP contribution in [0.3, 0.4) is 0 Å². The number of amides is 1. The molecule has 34 heavy (non-hydrogen) atoms. The summed E-state index contributed by atoms with van der Waals surface area (Å²) in [5.41, 5.74) is 2.23. The van der Waals surface area contributed by atoms with Gasteiger partial charge in [-0.15, -0.1) is 0 Å². The molecule has 2 aromatic carbocycles. The van der Waals surface area contributed by atoms with Gasteiger partial charge in [-0.3, -0.25) is 9.78 Å². The fourth-order valence-electron chi connectivity index (χ4n) is 3.31. The number of hydrogen-bond acceptors (Lipinski definition) is 6. The number of nitrogens with one attached hydrogen (secondary N) is 2. The molecule has 4 rings (SSSR count). The monoisotopic (exact) mass is 483 g/mol. The predicted octanol–water partition coefficient (Wildman–Crippen LogP) is 2.50. The number of carbonyl (C=O) groups excluding carboxylic acids is 1. The minimum Gasteiger partial charge on any atom is -0.378 e. The molecule has 0 aliphatic rings. The Labute approximate surface area is 195 Å². The maximum atomic E-state index is 13.2. The maximum Gasteiger partial charge on any atom is 0.253 e. The lowest BCUT2D eigenvalue weighted by molar-refractivity contribution is 0.0952. The lowest BCUT2D eigenvalue weighted by atomic mass is 10.1.